The molecule has 0 spiro atoms. The summed E-state index contributed by atoms with van der Waals surface area (Å²) in [4.78, 5) is 18.0. The number of amides is 1. The number of H-pyrrole nitrogens is 1. The fourth-order valence-electron chi connectivity index (χ4n) is 3.76. The van der Waals surface area contributed by atoms with Crippen LogP contribution < -0.4 is 0 Å². The molecule has 1 N–H and O–H groups in total. The van der Waals surface area contributed by atoms with E-state index in [1.165, 1.54) is 16.5 Å². The molecule has 1 amide bonds. The van der Waals surface area contributed by atoms with Crippen molar-refractivity contribution in [3.8, 4) is 0 Å². The lowest BCUT2D eigenvalue weighted by Crippen LogP contribution is -2.40. The molecule has 0 saturated heterocycles. The van der Waals surface area contributed by atoms with Gasteiger partial charge in [-0.1, -0.05) is 45.8 Å². The van der Waals surface area contributed by atoms with Crippen LogP contribution in [-0.2, 0) is 11.2 Å². The molecule has 2 aromatic carbocycles. The number of aromatic amines is 1. The highest BCUT2D eigenvalue weighted by Gasteiger charge is 2.35. The third kappa shape index (κ3) is 2.90. The van der Waals surface area contributed by atoms with E-state index >= 15 is 0 Å². The summed E-state index contributed by atoms with van der Waals surface area (Å²) in [6.07, 6.45) is 0.552. The Bertz CT molecular complexity index is 962. The molecule has 1 atom stereocenters. The van der Waals surface area contributed by atoms with Crippen LogP contribution >= 0.6 is 15.9 Å². The third-order valence-electron chi connectivity index (χ3n) is 4.98. The predicted octanol–water partition coefficient (Wildman–Crippen LogP) is 5.34. The first-order chi connectivity index (χ1) is 12.6. The number of benzene rings is 2. The number of aryl methyl sites for hydroxylation is 1. The van der Waals surface area contributed by atoms with E-state index in [0.29, 0.717) is 13.2 Å². The summed E-state index contributed by atoms with van der Waals surface area (Å²) in [6.45, 7) is 4.93. The summed E-state index contributed by atoms with van der Waals surface area (Å²) in [7, 11) is 0. The molecule has 0 saturated carbocycles. The minimum absolute atomic E-state index is 0.162. The number of ether oxygens (including phenoxy) is 1. The van der Waals surface area contributed by atoms with Crippen molar-refractivity contribution in [1.82, 2.24) is 9.88 Å². The van der Waals surface area contributed by atoms with Crippen molar-refractivity contribution in [2.24, 2.45) is 0 Å². The van der Waals surface area contributed by atoms with Crippen molar-refractivity contribution in [1.29, 1.82) is 0 Å². The minimum atomic E-state index is -0.261. The first kappa shape index (κ1) is 17.2. The van der Waals surface area contributed by atoms with Gasteiger partial charge in [-0.05, 0) is 49.6 Å². The van der Waals surface area contributed by atoms with Crippen molar-refractivity contribution in [2.75, 3.05) is 13.2 Å². The summed E-state index contributed by atoms with van der Waals surface area (Å²) < 4.78 is 6.39. The van der Waals surface area contributed by atoms with Gasteiger partial charge < -0.3 is 9.72 Å². The van der Waals surface area contributed by atoms with Gasteiger partial charge in [0.1, 0.15) is 6.04 Å². The Kier molecular flexibility index (Phi) is 4.49. The molecule has 4 rings (SSSR count). The Labute approximate surface area is 161 Å². The molecule has 1 aromatic heterocycles. The predicted molar refractivity (Wildman–Crippen MR) is 106 cm³/mol. The summed E-state index contributed by atoms with van der Waals surface area (Å²) in [5.74, 6) is 0. The lowest BCUT2D eigenvalue weighted by molar-refractivity contribution is 0.0932. The van der Waals surface area contributed by atoms with E-state index in [1.807, 2.05) is 17.9 Å². The van der Waals surface area contributed by atoms with E-state index in [4.69, 9.17) is 4.74 Å². The van der Waals surface area contributed by atoms with E-state index in [1.54, 1.807) is 0 Å². The van der Waals surface area contributed by atoms with Crippen molar-refractivity contribution in [2.45, 2.75) is 26.3 Å². The Morgan fingerprint density at radius 2 is 2.04 bits per heavy atom. The lowest BCUT2D eigenvalue weighted by atomic mass is 9.92. The van der Waals surface area contributed by atoms with Crippen LogP contribution in [0.1, 0.15) is 35.3 Å². The average Bonchev–Trinajstić information content (AvgIpc) is 3.00. The van der Waals surface area contributed by atoms with Crippen LogP contribution in [0.25, 0.3) is 10.9 Å². The maximum atomic E-state index is 12.6. The van der Waals surface area contributed by atoms with Crippen molar-refractivity contribution >= 4 is 32.9 Å². The van der Waals surface area contributed by atoms with Gasteiger partial charge >= 0.3 is 6.09 Å². The average molecular weight is 413 g/mol. The van der Waals surface area contributed by atoms with Crippen LogP contribution in [0.5, 0.6) is 0 Å². The Morgan fingerprint density at radius 3 is 2.77 bits per heavy atom. The lowest BCUT2D eigenvalue weighted by Gasteiger charge is -2.35. The minimum Gasteiger partial charge on any atom is -0.450 e. The van der Waals surface area contributed by atoms with Crippen LogP contribution in [0.3, 0.4) is 0 Å². The number of hydrogen-bond acceptors (Lipinski definition) is 2. The number of nitrogens with zero attached hydrogens (tertiary/aromatic N) is 1. The number of fused-ring (bicyclic) bond motifs is 3. The maximum Gasteiger partial charge on any atom is 0.410 e. The van der Waals surface area contributed by atoms with Gasteiger partial charge in [-0.25, -0.2) is 4.79 Å². The van der Waals surface area contributed by atoms with Crippen LogP contribution in [0.2, 0.25) is 0 Å². The van der Waals surface area contributed by atoms with Gasteiger partial charge in [0.25, 0.3) is 0 Å². The quantitative estimate of drug-likeness (QED) is 0.616. The zero-order valence-electron chi connectivity index (χ0n) is 14.9. The second kappa shape index (κ2) is 6.80. The van der Waals surface area contributed by atoms with Gasteiger partial charge in [0.2, 0.25) is 0 Å². The molecule has 1 aliphatic rings. The fourth-order valence-corrected chi connectivity index (χ4v) is 4.12. The van der Waals surface area contributed by atoms with Crippen LogP contribution in [-0.4, -0.2) is 29.1 Å². The van der Waals surface area contributed by atoms with E-state index < -0.39 is 0 Å². The largest absolute Gasteiger partial charge is 0.450 e. The molecule has 0 aliphatic carbocycles. The van der Waals surface area contributed by atoms with Crippen molar-refractivity contribution in [3.05, 3.63) is 69.3 Å². The fraction of sp³-hybridized carbons (Fsp3) is 0.286. The van der Waals surface area contributed by atoms with Gasteiger partial charge in [-0.15, -0.1) is 0 Å². The van der Waals surface area contributed by atoms with E-state index in [0.717, 1.165) is 27.7 Å². The number of carbonyl (C=O) groups excluding carboxylic acids is 1. The Morgan fingerprint density at radius 1 is 1.27 bits per heavy atom. The Hall–Kier alpha value is -2.27. The number of aromatic nitrogens is 1. The van der Waals surface area contributed by atoms with E-state index in [-0.39, 0.29) is 12.1 Å². The molecule has 1 aliphatic heterocycles. The summed E-state index contributed by atoms with van der Waals surface area (Å²) in [6, 6.07) is 14.5. The highest BCUT2D eigenvalue weighted by molar-refractivity contribution is 9.10. The SMILES string of the molecule is CCOC(=O)N1CCc2c([nH]c3ccc(Br)cc23)[C@@H]1c1ccc(C)cc1. The molecule has 0 radical (unpaired) electrons. The summed E-state index contributed by atoms with van der Waals surface area (Å²) >= 11 is 3.57. The molecule has 0 bridgehead atoms. The van der Waals surface area contributed by atoms with E-state index in [9.17, 15) is 4.79 Å². The van der Waals surface area contributed by atoms with Crippen molar-refractivity contribution < 1.29 is 9.53 Å². The zero-order valence-corrected chi connectivity index (χ0v) is 16.5. The standard InChI is InChI=1S/C21H21BrN2O2/c1-3-26-21(25)24-11-10-16-17-12-15(22)8-9-18(17)23-19(16)20(24)14-6-4-13(2)5-7-14/h4-9,12,20,23H,3,10-11H2,1-2H3/t20-/m0/s1. The molecular formula is C21H21BrN2O2. The highest BCUT2D eigenvalue weighted by atomic mass is 79.9. The highest BCUT2D eigenvalue weighted by Crippen LogP contribution is 2.39. The normalized spacial score (nSPS) is 16.6. The first-order valence-electron chi connectivity index (χ1n) is 8.88. The molecule has 2 heterocycles. The Balaban J connectivity index is 1.88. The van der Waals surface area contributed by atoms with Gasteiger partial charge in [0, 0.05) is 27.6 Å². The van der Waals surface area contributed by atoms with Gasteiger partial charge in [-0.3, -0.25) is 4.90 Å². The third-order valence-corrected chi connectivity index (χ3v) is 5.48. The molecule has 5 heteroatoms. The molecule has 26 heavy (non-hydrogen) atoms. The topological polar surface area (TPSA) is 45.3 Å². The number of nitrogens with one attached hydrogen (secondary N) is 1. The second-order valence-electron chi connectivity index (χ2n) is 6.66. The number of hydrogen-bond donors (Lipinski definition) is 1. The monoisotopic (exact) mass is 412 g/mol. The van der Waals surface area contributed by atoms with Gasteiger partial charge in [0.15, 0.2) is 0 Å². The van der Waals surface area contributed by atoms with Gasteiger partial charge in [0.05, 0.1) is 6.61 Å². The first-order valence-corrected chi connectivity index (χ1v) is 9.67. The molecule has 0 unspecified atom stereocenters. The summed E-state index contributed by atoms with van der Waals surface area (Å²) in [5, 5.41) is 1.22. The smallest absolute Gasteiger partial charge is 0.410 e. The van der Waals surface area contributed by atoms with Crippen molar-refractivity contribution in [3.63, 3.8) is 0 Å². The maximum absolute atomic E-state index is 12.6. The van der Waals surface area contributed by atoms with E-state index in [2.05, 4.69) is 64.2 Å². The zero-order chi connectivity index (χ0) is 18.3. The number of rotatable bonds is 2. The molecule has 4 nitrogen and oxygen atoms in total. The molecule has 134 valence electrons. The second-order valence-corrected chi connectivity index (χ2v) is 7.58. The number of carbonyl (C=O) groups is 1. The molecule has 0 fully saturated rings. The van der Waals surface area contributed by atoms with Crippen LogP contribution in [0.15, 0.2) is 46.9 Å². The summed E-state index contributed by atoms with van der Waals surface area (Å²) in [5.41, 5.74) is 5.76. The van der Waals surface area contributed by atoms with Gasteiger partial charge in [-0.2, -0.15) is 0 Å². The van der Waals surface area contributed by atoms with Crippen LogP contribution in [0.4, 0.5) is 4.79 Å². The molecular weight excluding hydrogens is 392 g/mol. The van der Waals surface area contributed by atoms with Crippen LogP contribution in [0, 0.1) is 6.92 Å². The molecule has 3 aromatic rings. The number of halogens is 1.